The molecule has 0 amide bonds. The molecule has 0 aliphatic heterocycles. The highest BCUT2D eigenvalue weighted by Crippen LogP contribution is 2.16. The van der Waals surface area contributed by atoms with Crippen LogP contribution in [0.15, 0.2) is 48.5 Å². The maximum Gasteiger partial charge on any atom is 0.119 e. The molecular weight excluding hydrogens is 238 g/mol. The Labute approximate surface area is 114 Å². The molecule has 0 spiro atoms. The zero-order chi connectivity index (χ0) is 13.5. The Kier molecular flexibility index (Phi) is 4.67. The van der Waals surface area contributed by atoms with Gasteiger partial charge in [0.25, 0.3) is 0 Å². The van der Waals surface area contributed by atoms with Crippen molar-refractivity contribution in [3.63, 3.8) is 0 Å². The lowest BCUT2D eigenvalue weighted by Crippen LogP contribution is -2.11. The summed E-state index contributed by atoms with van der Waals surface area (Å²) >= 11 is 0. The van der Waals surface area contributed by atoms with Gasteiger partial charge in [-0.2, -0.15) is 0 Å². The van der Waals surface area contributed by atoms with Gasteiger partial charge >= 0.3 is 0 Å². The van der Waals surface area contributed by atoms with E-state index in [1.165, 1.54) is 5.56 Å². The van der Waals surface area contributed by atoms with E-state index in [0.717, 1.165) is 23.7 Å². The molecular formula is C16H19NO2. The Morgan fingerprint density at radius 3 is 2.16 bits per heavy atom. The van der Waals surface area contributed by atoms with Crippen LogP contribution in [0.4, 0.5) is 5.69 Å². The summed E-state index contributed by atoms with van der Waals surface area (Å²) < 4.78 is 10.7. The molecule has 2 aromatic carbocycles. The Morgan fingerprint density at radius 2 is 1.53 bits per heavy atom. The van der Waals surface area contributed by atoms with Crippen LogP contribution in [0.3, 0.4) is 0 Å². The minimum Gasteiger partial charge on any atom is -0.497 e. The molecule has 0 radical (unpaired) electrons. The number of anilines is 1. The van der Waals surface area contributed by atoms with Crippen LogP contribution in [-0.2, 0) is 0 Å². The second-order valence-electron chi connectivity index (χ2n) is 4.32. The van der Waals surface area contributed by atoms with E-state index in [-0.39, 0.29) is 0 Å². The number of hydrogen-bond donors (Lipinski definition) is 1. The predicted octanol–water partition coefficient (Wildman–Crippen LogP) is 3.49. The first-order chi connectivity index (χ1) is 9.28. The van der Waals surface area contributed by atoms with Crippen LogP contribution in [0.5, 0.6) is 11.5 Å². The van der Waals surface area contributed by atoms with Crippen molar-refractivity contribution in [2.45, 2.75) is 6.92 Å². The smallest absolute Gasteiger partial charge is 0.119 e. The van der Waals surface area contributed by atoms with E-state index in [2.05, 4.69) is 36.5 Å². The van der Waals surface area contributed by atoms with Crippen molar-refractivity contribution in [1.82, 2.24) is 0 Å². The van der Waals surface area contributed by atoms with Gasteiger partial charge in [0.1, 0.15) is 18.1 Å². The van der Waals surface area contributed by atoms with E-state index < -0.39 is 0 Å². The molecule has 3 nitrogen and oxygen atoms in total. The van der Waals surface area contributed by atoms with E-state index in [1.54, 1.807) is 7.11 Å². The summed E-state index contributed by atoms with van der Waals surface area (Å²) in [5.74, 6) is 1.69. The summed E-state index contributed by atoms with van der Waals surface area (Å²) in [5, 5.41) is 3.31. The van der Waals surface area contributed by atoms with E-state index in [0.29, 0.717) is 6.61 Å². The SMILES string of the molecule is COc1ccc(OCCNc2ccc(C)cc2)cc1. The van der Waals surface area contributed by atoms with Crippen LogP contribution in [0, 0.1) is 6.92 Å². The third-order valence-corrected chi connectivity index (χ3v) is 2.81. The summed E-state index contributed by atoms with van der Waals surface area (Å²) in [7, 11) is 1.65. The van der Waals surface area contributed by atoms with Gasteiger partial charge in [-0.25, -0.2) is 0 Å². The van der Waals surface area contributed by atoms with Gasteiger partial charge in [-0.1, -0.05) is 17.7 Å². The number of aryl methyl sites for hydroxylation is 1. The first kappa shape index (κ1) is 13.3. The van der Waals surface area contributed by atoms with Crippen LogP contribution in [0.1, 0.15) is 5.56 Å². The van der Waals surface area contributed by atoms with E-state index in [4.69, 9.17) is 9.47 Å². The number of ether oxygens (including phenoxy) is 2. The highest BCUT2D eigenvalue weighted by molar-refractivity contribution is 5.44. The molecule has 100 valence electrons. The van der Waals surface area contributed by atoms with Crippen molar-refractivity contribution in [3.8, 4) is 11.5 Å². The molecule has 3 heteroatoms. The van der Waals surface area contributed by atoms with Crippen molar-refractivity contribution in [2.24, 2.45) is 0 Å². The second kappa shape index (κ2) is 6.69. The van der Waals surface area contributed by atoms with Crippen LogP contribution >= 0.6 is 0 Å². The van der Waals surface area contributed by atoms with Gasteiger partial charge in [0.05, 0.1) is 7.11 Å². The maximum atomic E-state index is 5.63. The van der Waals surface area contributed by atoms with Crippen LogP contribution < -0.4 is 14.8 Å². The summed E-state index contributed by atoms with van der Waals surface area (Å²) in [5.41, 5.74) is 2.38. The summed E-state index contributed by atoms with van der Waals surface area (Å²) in [6, 6.07) is 15.9. The average Bonchev–Trinajstić information content (AvgIpc) is 2.46. The van der Waals surface area contributed by atoms with Gasteiger partial charge in [0.15, 0.2) is 0 Å². The Hall–Kier alpha value is -2.16. The lowest BCUT2D eigenvalue weighted by atomic mass is 10.2. The molecule has 0 bridgehead atoms. The molecule has 0 saturated heterocycles. The van der Waals surface area contributed by atoms with Crippen LogP contribution in [-0.4, -0.2) is 20.3 Å². The lowest BCUT2D eigenvalue weighted by molar-refractivity contribution is 0.332. The fourth-order valence-corrected chi connectivity index (χ4v) is 1.71. The minimum absolute atomic E-state index is 0.625. The van der Waals surface area contributed by atoms with E-state index >= 15 is 0 Å². The maximum absolute atomic E-state index is 5.63. The van der Waals surface area contributed by atoms with Gasteiger partial charge in [0.2, 0.25) is 0 Å². The number of rotatable bonds is 6. The van der Waals surface area contributed by atoms with Crippen molar-refractivity contribution < 1.29 is 9.47 Å². The topological polar surface area (TPSA) is 30.5 Å². The van der Waals surface area contributed by atoms with Gasteiger partial charge in [0, 0.05) is 12.2 Å². The Morgan fingerprint density at radius 1 is 0.895 bits per heavy atom. The predicted molar refractivity (Wildman–Crippen MR) is 78.2 cm³/mol. The fraction of sp³-hybridized carbons (Fsp3) is 0.250. The number of hydrogen-bond acceptors (Lipinski definition) is 3. The third kappa shape index (κ3) is 4.21. The molecule has 0 fully saturated rings. The Bertz CT molecular complexity index is 491. The zero-order valence-corrected chi connectivity index (χ0v) is 11.3. The third-order valence-electron chi connectivity index (χ3n) is 2.81. The molecule has 0 atom stereocenters. The molecule has 0 aromatic heterocycles. The summed E-state index contributed by atoms with van der Waals surface area (Å²) in [6.45, 7) is 3.48. The normalized spacial score (nSPS) is 10.0. The molecule has 1 N–H and O–H groups in total. The van der Waals surface area contributed by atoms with Crippen molar-refractivity contribution in [2.75, 3.05) is 25.6 Å². The van der Waals surface area contributed by atoms with Crippen molar-refractivity contribution in [3.05, 3.63) is 54.1 Å². The summed E-state index contributed by atoms with van der Waals surface area (Å²) in [4.78, 5) is 0. The molecule has 0 heterocycles. The number of methoxy groups -OCH3 is 1. The van der Waals surface area contributed by atoms with Gasteiger partial charge in [-0.05, 0) is 43.3 Å². The largest absolute Gasteiger partial charge is 0.497 e. The number of benzene rings is 2. The monoisotopic (exact) mass is 257 g/mol. The molecule has 2 aromatic rings. The van der Waals surface area contributed by atoms with Gasteiger partial charge < -0.3 is 14.8 Å². The first-order valence-electron chi connectivity index (χ1n) is 6.35. The molecule has 19 heavy (non-hydrogen) atoms. The van der Waals surface area contributed by atoms with E-state index in [1.807, 2.05) is 24.3 Å². The molecule has 0 unspecified atom stereocenters. The average molecular weight is 257 g/mol. The van der Waals surface area contributed by atoms with Crippen LogP contribution in [0.25, 0.3) is 0 Å². The van der Waals surface area contributed by atoms with Gasteiger partial charge in [-0.15, -0.1) is 0 Å². The summed E-state index contributed by atoms with van der Waals surface area (Å²) in [6.07, 6.45) is 0. The van der Waals surface area contributed by atoms with Crippen molar-refractivity contribution >= 4 is 5.69 Å². The van der Waals surface area contributed by atoms with Crippen LogP contribution in [0.2, 0.25) is 0 Å². The Balaban J connectivity index is 1.72. The fourth-order valence-electron chi connectivity index (χ4n) is 1.71. The first-order valence-corrected chi connectivity index (χ1v) is 6.35. The number of nitrogens with one attached hydrogen (secondary N) is 1. The molecule has 0 aliphatic carbocycles. The van der Waals surface area contributed by atoms with Crippen molar-refractivity contribution in [1.29, 1.82) is 0 Å². The zero-order valence-electron chi connectivity index (χ0n) is 11.3. The van der Waals surface area contributed by atoms with E-state index in [9.17, 15) is 0 Å². The molecule has 0 aliphatic rings. The molecule has 0 saturated carbocycles. The standard InChI is InChI=1S/C16H19NO2/c1-13-3-5-14(6-4-13)17-11-12-19-16-9-7-15(18-2)8-10-16/h3-10,17H,11-12H2,1-2H3. The highest BCUT2D eigenvalue weighted by Gasteiger charge is 1.95. The lowest BCUT2D eigenvalue weighted by Gasteiger charge is -2.09. The van der Waals surface area contributed by atoms with Gasteiger partial charge in [-0.3, -0.25) is 0 Å². The highest BCUT2D eigenvalue weighted by atomic mass is 16.5. The second-order valence-corrected chi connectivity index (χ2v) is 4.32. The quantitative estimate of drug-likeness (QED) is 0.803. The minimum atomic E-state index is 0.625. The molecule has 2 rings (SSSR count).